The lowest BCUT2D eigenvalue weighted by molar-refractivity contribution is 0.108. The molecule has 0 radical (unpaired) electrons. The maximum atomic E-state index is 17.0. The summed E-state index contributed by atoms with van der Waals surface area (Å²) >= 11 is 0.884. The maximum Gasteiger partial charge on any atom is 0.319 e. The molecule has 9 rings (SSSR count). The summed E-state index contributed by atoms with van der Waals surface area (Å²) in [5, 5.41) is 14.1. The molecule has 2 aromatic heterocycles. The number of nitrogens with one attached hydrogen (secondary N) is 1. The summed E-state index contributed by atoms with van der Waals surface area (Å²) in [6.07, 6.45) is 7.30. The van der Waals surface area contributed by atoms with Crippen molar-refractivity contribution in [2.24, 2.45) is 5.92 Å². The predicted molar refractivity (Wildman–Crippen MR) is 176 cm³/mol. The van der Waals surface area contributed by atoms with E-state index in [-0.39, 0.29) is 60.2 Å². The molecule has 0 amide bonds. The van der Waals surface area contributed by atoms with Crippen molar-refractivity contribution in [2.45, 2.75) is 62.1 Å². The summed E-state index contributed by atoms with van der Waals surface area (Å²) in [6.45, 7) is 7.69. The zero-order valence-corrected chi connectivity index (χ0v) is 26.7. The third kappa shape index (κ3) is 4.39. The molecule has 0 unspecified atom stereocenters. The highest BCUT2D eigenvalue weighted by molar-refractivity contribution is 7.23. The number of thiophene rings is 1. The summed E-state index contributed by atoms with van der Waals surface area (Å²) in [5.74, 6) is -1.35. The van der Waals surface area contributed by atoms with Crippen LogP contribution in [0.2, 0.25) is 0 Å². The molecule has 0 spiro atoms. The summed E-state index contributed by atoms with van der Waals surface area (Å²) in [4.78, 5) is 14.0. The number of fused-ring (bicyclic) bond motifs is 5. The van der Waals surface area contributed by atoms with Crippen molar-refractivity contribution in [3.63, 3.8) is 0 Å². The first-order valence-electron chi connectivity index (χ1n) is 16.4. The number of nitrogens with zero attached hydrogens (tertiary/aromatic N) is 5. The molecule has 12 heteroatoms. The standard InChI is InChI=1S/C35H34F3N7OS/c1-18-12-34(8-2-10-45(34)14-18)17-46-33-41-29-22(32(42-33)44-15-20-7-9-35(16-44,43-20)19-3-4-19)11-25(37)27(28(29)38)21-5-6-24(36)30-26(21)23(13-39)31(40)47-30/h5-6,11,19-20,43H,1-4,7-10,12,14-17,40H2/t20-,34-,35+/m0/s1. The van der Waals surface area contributed by atoms with Crippen molar-refractivity contribution < 1.29 is 17.9 Å². The molecule has 4 saturated heterocycles. The van der Waals surface area contributed by atoms with Gasteiger partial charge >= 0.3 is 6.01 Å². The van der Waals surface area contributed by atoms with Crippen LogP contribution in [0, 0.1) is 34.7 Å². The van der Waals surface area contributed by atoms with Gasteiger partial charge in [-0.3, -0.25) is 4.90 Å². The van der Waals surface area contributed by atoms with E-state index in [1.54, 1.807) is 0 Å². The first kappa shape index (κ1) is 29.2. The minimum Gasteiger partial charge on any atom is -0.461 e. The minimum atomic E-state index is -0.917. The molecular formula is C35H34F3N7OS. The number of ether oxygens (including phenoxy) is 1. The highest BCUT2D eigenvalue weighted by Crippen LogP contribution is 2.49. The zero-order chi connectivity index (χ0) is 32.2. The van der Waals surface area contributed by atoms with Crippen LogP contribution in [0.25, 0.3) is 32.1 Å². The number of nitrogens with two attached hydrogens (primary N) is 1. The minimum absolute atomic E-state index is 0.00835. The average molecular weight is 658 g/mol. The van der Waals surface area contributed by atoms with Crippen molar-refractivity contribution >= 4 is 43.1 Å². The Morgan fingerprint density at radius 3 is 2.83 bits per heavy atom. The molecule has 3 N–H and O–H groups in total. The van der Waals surface area contributed by atoms with Gasteiger partial charge in [0.15, 0.2) is 5.82 Å². The number of hydrogen-bond acceptors (Lipinski definition) is 9. The van der Waals surface area contributed by atoms with Crippen LogP contribution in [0.1, 0.15) is 50.5 Å². The number of nitriles is 1. The van der Waals surface area contributed by atoms with E-state index in [4.69, 9.17) is 15.5 Å². The van der Waals surface area contributed by atoms with Gasteiger partial charge in [-0.1, -0.05) is 18.2 Å². The van der Waals surface area contributed by atoms with Crippen molar-refractivity contribution in [3.8, 4) is 23.2 Å². The molecule has 4 aliphatic heterocycles. The number of piperazine rings is 1. The molecule has 3 atom stereocenters. The van der Waals surface area contributed by atoms with Gasteiger partial charge in [0.25, 0.3) is 0 Å². The van der Waals surface area contributed by atoms with Gasteiger partial charge in [0, 0.05) is 42.0 Å². The van der Waals surface area contributed by atoms with Gasteiger partial charge in [0.2, 0.25) is 0 Å². The number of aromatic nitrogens is 2. The third-order valence-corrected chi connectivity index (χ3v) is 12.3. The average Bonchev–Trinajstić information content (AvgIpc) is 3.54. The number of halogens is 3. The fraction of sp³-hybridized carbons (Fsp3) is 0.457. The van der Waals surface area contributed by atoms with E-state index >= 15 is 8.78 Å². The topological polar surface area (TPSA) is 103 Å². The summed E-state index contributed by atoms with van der Waals surface area (Å²) < 4.78 is 54.6. The van der Waals surface area contributed by atoms with Crippen LogP contribution in [0.15, 0.2) is 30.4 Å². The molecule has 47 heavy (non-hydrogen) atoms. The molecule has 2 aromatic carbocycles. The van der Waals surface area contributed by atoms with E-state index in [1.165, 1.54) is 25.0 Å². The second-order valence-corrected chi connectivity index (χ2v) is 15.2. The Hall–Kier alpha value is -3.92. The number of hydrogen-bond donors (Lipinski definition) is 2. The van der Waals surface area contributed by atoms with Crippen LogP contribution >= 0.6 is 11.3 Å². The van der Waals surface area contributed by atoms with Gasteiger partial charge in [-0.2, -0.15) is 15.2 Å². The molecule has 4 aromatic rings. The number of benzene rings is 2. The van der Waals surface area contributed by atoms with E-state index in [0.29, 0.717) is 31.4 Å². The quantitative estimate of drug-likeness (QED) is 0.234. The number of anilines is 2. The van der Waals surface area contributed by atoms with Crippen LogP contribution < -0.4 is 20.7 Å². The second-order valence-electron chi connectivity index (χ2n) is 14.2. The van der Waals surface area contributed by atoms with Gasteiger partial charge in [-0.05, 0) is 75.1 Å². The van der Waals surface area contributed by atoms with E-state index in [1.807, 2.05) is 6.07 Å². The lowest BCUT2D eigenvalue weighted by Crippen LogP contribution is -2.61. The van der Waals surface area contributed by atoms with Gasteiger partial charge in [-0.15, -0.1) is 11.3 Å². The molecule has 8 nitrogen and oxygen atoms in total. The van der Waals surface area contributed by atoms with Crippen molar-refractivity contribution in [2.75, 3.05) is 43.4 Å². The second kappa shape index (κ2) is 10.3. The van der Waals surface area contributed by atoms with Crippen molar-refractivity contribution in [3.05, 3.63) is 53.4 Å². The lowest BCUT2D eigenvalue weighted by Gasteiger charge is -2.42. The Bertz CT molecular complexity index is 2060. The third-order valence-electron chi connectivity index (χ3n) is 11.2. The first-order valence-corrected chi connectivity index (χ1v) is 17.2. The van der Waals surface area contributed by atoms with E-state index < -0.39 is 23.0 Å². The van der Waals surface area contributed by atoms with Crippen LogP contribution in [-0.2, 0) is 0 Å². The monoisotopic (exact) mass is 657 g/mol. The van der Waals surface area contributed by atoms with Crippen molar-refractivity contribution in [1.82, 2.24) is 20.2 Å². The van der Waals surface area contributed by atoms with Crippen LogP contribution in [0.4, 0.5) is 24.0 Å². The number of rotatable bonds is 6. The fourth-order valence-electron chi connectivity index (χ4n) is 9.03. The van der Waals surface area contributed by atoms with E-state index in [9.17, 15) is 9.65 Å². The largest absolute Gasteiger partial charge is 0.461 e. The molecule has 1 saturated carbocycles. The normalized spacial score (nSPS) is 27.2. The van der Waals surface area contributed by atoms with Crippen LogP contribution in [-0.4, -0.2) is 64.8 Å². The zero-order valence-electron chi connectivity index (χ0n) is 25.8. The van der Waals surface area contributed by atoms with Crippen molar-refractivity contribution in [1.29, 1.82) is 5.26 Å². The Balaban J connectivity index is 1.21. The highest BCUT2D eigenvalue weighted by atomic mass is 32.1. The Kier molecular flexibility index (Phi) is 6.40. The maximum absolute atomic E-state index is 17.0. The van der Waals surface area contributed by atoms with E-state index in [2.05, 4.69) is 26.7 Å². The smallest absolute Gasteiger partial charge is 0.319 e. The van der Waals surface area contributed by atoms with E-state index in [0.717, 1.165) is 68.2 Å². The Morgan fingerprint density at radius 2 is 2.02 bits per heavy atom. The molecular weight excluding hydrogens is 623 g/mol. The Labute approximate surface area is 274 Å². The lowest BCUT2D eigenvalue weighted by atomic mass is 9.90. The molecule has 6 heterocycles. The van der Waals surface area contributed by atoms with Gasteiger partial charge in [0.1, 0.15) is 40.6 Å². The molecule has 242 valence electrons. The molecule has 5 aliphatic rings. The van der Waals surface area contributed by atoms with Gasteiger partial charge in [-0.25, -0.2) is 13.2 Å². The first-order chi connectivity index (χ1) is 22.7. The van der Waals surface area contributed by atoms with Crippen LogP contribution in [0.3, 0.4) is 0 Å². The van der Waals surface area contributed by atoms with Crippen LogP contribution in [0.5, 0.6) is 6.01 Å². The summed E-state index contributed by atoms with van der Waals surface area (Å²) in [6, 6.07) is 6.00. The summed E-state index contributed by atoms with van der Waals surface area (Å²) in [5.41, 5.74) is 6.54. The highest BCUT2D eigenvalue weighted by Gasteiger charge is 2.53. The predicted octanol–water partition coefficient (Wildman–Crippen LogP) is 6.28. The summed E-state index contributed by atoms with van der Waals surface area (Å²) in [7, 11) is 0. The Morgan fingerprint density at radius 1 is 1.17 bits per heavy atom. The molecule has 5 fully saturated rings. The fourth-order valence-corrected chi connectivity index (χ4v) is 9.98. The van der Waals surface area contributed by atoms with Gasteiger partial charge < -0.3 is 20.7 Å². The number of nitrogen functional groups attached to an aromatic ring is 1. The molecule has 1 aliphatic carbocycles. The molecule has 2 bridgehead atoms. The van der Waals surface area contributed by atoms with Gasteiger partial charge in [0.05, 0.1) is 21.4 Å². The SMILES string of the molecule is C=C1CN2CCC[C@@]2(COc2nc(N3C[C@@H]4CC[C@](C5CC5)(C3)N4)c3cc(F)c(-c4ccc(F)c5sc(N)c(C#N)c45)c(F)c3n2)C1.